The van der Waals surface area contributed by atoms with Gasteiger partial charge in [-0.25, -0.2) is 0 Å². The second-order valence-corrected chi connectivity index (χ2v) is 6.69. The minimum Gasteiger partial charge on any atom is -0.103 e. The van der Waals surface area contributed by atoms with Crippen LogP contribution in [-0.2, 0) is 0 Å². The van der Waals surface area contributed by atoms with Crippen LogP contribution in [0.2, 0.25) is 0 Å². The molecule has 0 bridgehead atoms. The highest BCUT2D eigenvalue weighted by Crippen LogP contribution is 2.48. The van der Waals surface area contributed by atoms with Crippen molar-refractivity contribution >= 4 is 0 Å². The van der Waals surface area contributed by atoms with Gasteiger partial charge in [0.05, 0.1) is 0 Å². The molecule has 2 aliphatic rings. The van der Waals surface area contributed by atoms with E-state index in [0.29, 0.717) is 0 Å². The van der Waals surface area contributed by atoms with Crippen molar-refractivity contribution in [3.63, 3.8) is 0 Å². The quantitative estimate of drug-likeness (QED) is 0.341. The zero-order valence-electron chi connectivity index (χ0n) is 13.3. The standard InChI is InChI=1S/C20H32/c1-3-5-6-7-8-9-10-11-13-18-16-17(4-2)19-14-12-15-20(18)19/h4,11-13,15,17-20H,2-3,5-10,14,16H2,1H3/b13-11+. The second-order valence-electron chi connectivity index (χ2n) is 6.69. The first-order valence-corrected chi connectivity index (χ1v) is 8.82. The van der Waals surface area contributed by atoms with Crippen LogP contribution in [0.5, 0.6) is 0 Å². The molecule has 0 aromatic heterocycles. The Bertz CT molecular complexity index is 336. The first kappa shape index (κ1) is 15.6. The summed E-state index contributed by atoms with van der Waals surface area (Å²) in [6, 6.07) is 0. The van der Waals surface area contributed by atoms with Crippen LogP contribution in [0, 0.1) is 23.7 Å². The number of fused-ring (bicyclic) bond motifs is 1. The lowest BCUT2D eigenvalue weighted by Crippen LogP contribution is -2.09. The molecule has 0 saturated heterocycles. The molecule has 0 aliphatic heterocycles. The van der Waals surface area contributed by atoms with Crippen molar-refractivity contribution in [2.24, 2.45) is 23.7 Å². The molecule has 0 heteroatoms. The predicted octanol–water partition coefficient (Wildman–Crippen LogP) is 6.31. The zero-order valence-corrected chi connectivity index (χ0v) is 13.3. The fraction of sp³-hybridized carbons (Fsp3) is 0.700. The van der Waals surface area contributed by atoms with Crippen molar-refractivity contribution < 1.29 is 0 Å². The Kier molecular flexibility index (Phi) is 6.63. The second kappa shape index (κ2) is 8.49. The van der Waals surface area contributed by atoms with Gasteiger partial charge in [0.15, 0.2) is 0 Å². The summed E-state index contributed by atoms with van der Waals surface area (Å²) >= 11 is 0. The van der Waals surface area contributed by atoms with Crippen LogP contribution in [-0.4, -0.2) is 0 Å². The summed E-state index contributed by atoms with van der Waals surface area (Å²) in [5.41, 5.74) is 0. The molecule has 4 atom stereocenters. The number of hydrogen-bond acceptors (Lipinski definition) is 0. The van der Waals surface area contributed by atoms with E-state index in [9.17, 15) is 0 Å². The summed E-state index contributed by atoms with van der Waals surface area (Å²) in [7, 11) is 0. The lowest BCUT2D eigenvalue weighted by Gasteiger charge is -2.15. The molecular weight excluding hydrogens is 240 g/mol. The molecule has 4 unspecified atom stereocenters. The molecule has 0 radical (unpaired) electrons. The highest BCUT2D eigenvalue weighted by Gasteiger charge is 2.40. The summed E-state index contributed by atoms with van der Waals surface area (Å²) in [6.45, 7) is 6.31. The average Bonchev–Trinajstić information content (AvgIpc) is 3.04. The van der Waals surface area contributed by atoms with Crippen molar-refractivity contribution in [1.82, 2.24) is 0 Å². The van der Waals surface area contributed by atoms with Crippen LogP contribution < -0.4 is 0 Å². The molecule has 0 spiro atoms. The van der Waals surface area contributed by atoms with Gasteiger partial charge >= 0.3 is 0 Å². The molecule has 112 valence electrons. The Balaban J connectivity index is 1.64. The van der Waals surface area contributed by atoms with Gasteiger partial charge in [0.2, 0.25) is 0 Å². The van der Waals surface area contributed by atoms with Gasteiger partial charge in [0.1, 0.15) is 0 Å². The molecule has 1 saturated carbocycles. The van der Waals surface area contributed by atoms with Gasteiger partial charge in [-0.05, 0) is 49.4 Å². The van der Waals surface area contributed by atoms with Gasteiger partial charge in [-0.15, -0.1) is 6.58 Å². The lowest BCUT2D eigenvalue weighted by molar-refractivity contribution is 0.414. The van der Waals surface area contributed by atoms with Crippen LogP contribution in [0.15, 0.2) is 37.0 Å². The molecule has 0 nitrogen and oxygen atoms in total. The Morgan fingerprint density at radius 2 is 1.90 bits per heavy atom. The molecule has 2 rings (SSSR count). The van der Waals surface area contributed by atoms with Gasteiger partial charge in [0.25, 0.3) is 0 Å². The van der Waals surface area contributed by atoms with E-state index in [1.807, 2.05) is 0 Å². The maximum absolute atomic E-state index is 4.03. The van der Waals surface area contributed by atoms with E-state index < -0.39 is 0 Å². The van der Waals surface area contributed by atoms with Gasteiger partial charge in [0, 0.05) is 0 Å². The highest BCUT2D eigenvalue weighted by atomic mass is 14.4. The minimum atomic E-state index is 0.749. The summed E-state index contributed by atoms with van der Waals surface area (Å²) < 4.78 is 0. The van der Waals surface area contributed by atoms with E-state index in [0.717, 1.165) is 23.7 Å². The molecule has 20 heavy (non-hydrogen) atoms. The maximum Gasteiger partial charge on any atom is -0.0133 e. The molecule has 0 N–H and O–H groups in total. The topological polar surface area (TPSA) is 0 Å². The normalized spacial score (nSPS) is 32.0. The van der Waals surface area contributed by atoms with Crippen LogP contribution in [0.25, 0.3) is 0 Å². The van der Waals surface area contributed by atoms with Crippen molar-refractivity contribution in [2.45, 2.75) is 64.7 Å². The average molecular weight is 272 g/mol. The number of allylic oxidation sites excluding steroid dienone is 5. The highest BCUT2D eigenvalue weighted by molar-refractivity contribution is 5.15. The molecule has 0 amide bonds. The fourth-order valence-corrected chi connectivity index (χ4v) is 4.05. The third-order valence-corrected chi connectivity index (χ3v) is 5.26. The van der Waals surface area contributed by atoms with E-state index in [1.165, 1.54) is 57.8 Å². The van der Waals surface area contributed by atoms with Crippen molar-refractivity contribution in [3.8, 4) is 0 Å². The Hall–Kier alpha value is -0.780. The van der Waals surface area contributed by atoms with Gasteiger partial charge in [-0.3, -0.25) is 0 Å². The molecule has 0 aromatic rings. The number of unbranched alkanes of at least 4 members (excludes halogenated alkanes) is 6. The maximum atomic E-state index is 4.03. The SMILES string of the molecule is C=CC1CC(/C=C/CCCCCCCC)C2C=CCC12. The first-order chi connectivity index (χ1) is 9.86. The van der Waals surface area contributed by atoms with Crippen LogP contribution in [0.4, 0.5) is 0 Å². The third-order valence-electron chi connectivity index (χ3n) is 5.26. The van der Waals surface area contributed by atoms with Crippen molar-refractivity contribution in [1.29, 1.82) is 0 Å². The summed E-state index contributed by atoms with van der Waals surface area (Å²) in [6.07, 6.45) is 24.3. The molecule has 2 aliphatic carbocycles. The largest absolute Gasteiger partial charge is 0.103 e. The Labute approximate surface area is 126 Å². The van der Waals surface area contributed by atoms with Gasteiger partial charge in [-0.1, -0.05) is 69.4 Å². The molecule has 0 aromatic carbocycles. The van der Waals surface area contributed by atoms with E-state index >= 15 is 0 Å². The zero-order chi connectivity index (χ0) is 14.2. The van der Waals surface area contributed by atoms with E-state index in [1.54, 1.807) is 0 Å². The molecule has 1 fully saturated rings. The predicted molar refractivity (Wildman–Crippen MR) is 89.7 cm³/mol. The van der Waals surface area contributed by atoms with Crippen LogP contribution in [0.1, 0.15) is 64.7 Å². The lowest BCUT2D eigenvalue weighted by atomic mass is 9.89. The summed E-state index contributed by atoms with van der Waals surface area (Å²) in [5, 5.41) is 0. The van der Waals surface area contributed by atoms with Crippen LogP contribution in [0.3, 0.4) is 0 Å². The Morgan fingerprint density at radius 3 is 2.70 bits per heavy atom. The monoisotopic (exact) mass is 272 g/mol. The third kappa shape index (κ3) is 4.11. The van der Waals surface area contributed by atoms with Crippen LogP contribution >= 0.6 is 0 Å². The summed E-state index contributed by atoms with van der Waals surface area (Å²) in [5.74, 6) is 3.19. The number of hydrogen-bond donors (Lipinski definition) is 0. The van der Waals surface area contributed by atoms with Crippen molar-refractivity contribution in [2.75, 3.05) is 0 Å². The molecular formula is C20H32. The molecule has 0 heterocycles. The number of rotatable bonds is 9. The van der Waals surface area contributed by atoms with Crippen molar-refractivity contribution in [3.05, 3.63) is 37.0 Å². The van der Waals surface area contributed by atoms with E-state index in [-0.39, 0.29) is 0 Å². The van der Waals surface area contributed by atoms with Gasteiger partial charge in [-0.2, -0.15) is 0 Å². The Morgan fingerprint density at radius 1 is 1.10 bits per heavy atom. The van der Waals surface area contributed by atoms with E-state index in [2.05, 4.69) is 43.9 Å². The minimum absolute atomic E-state index is 0.749. The smallest absolute Gasteiger partial charge is 0.0133 e. The summed E-state index contributed by atoms with van der Waals surface area (Å²) in [4.78, 5) is 0. The first-order valence-electron chi connectivity index (χ1n) is 8.82. The van der Waals surface area contributed by atoms with Gasteiger partial charge < -0.3 is 0 Å². The fourth-order valence-electron chi connectivity index (χ4n) is 4.05. The van der Waals surface area contributed by atoms with E-state index in [4.69, 9.17) is 0 Å².